The van der Waals surface area contributed by atoms with Crippen LogP contribution in [0, 0.1) is 5.41 Å². The quantitative estimate of drug-likeness (QED) is 0.578. The van der Waals surface area contributed by atoms with E-state index >= 15 is 0 Å². The highest BCUT2D eigenvalue weighted by Gasteiger charge is 2.16. The molecule has 0 fully saturated rings. The summed E-state index contributed by atoms with van der Waals surface area (Å²) in [6.07, 6.45) is 9.89. The van der Waals surface area contributed by atoms with Gasteiger partial charge in [-0.15, -0.1) is 0 Å². The maximum atomic E-state index is 2.24. The zero-order valence-corrected chi connectivity index (χ0v) is 8.96. The Labute approximate surface area is 76.8 Å². The molecule has 0 saturated heterocycles. The van der Waals surface area contributed by atoms with E-state index in [1.54, 1.807) is 0 Å². The molecule has 1 heteroatoms. The van der Waals surface area contributed by atoms with E-state index in [-0.39, 0.29) is 0 Å². The van der Waals surface area contributed by atoms with Gasteiger partial charge in [-0.2, -0.15) is 0 Å². The summed E-state index contributed by atoms with van der Waals surface area (Å²) in [6.45, 7) is 8.45. The highest BCUT2D eigenvalue weighted by molar-refractivity contribution is 5.13. The number of hydrogen-bond donors (Lipinski definition) is 0. The molecule has 1 aliphatic rings. The lowest BCUT2D eigenvalue weighted by atomic mass is 9.86. The van der Waals surface area contributed by atoms with Crippen LogP contribution in [0.4, 0.5) is 0 Å². The zero-order chi connectivity index (χ0) is 9.61. The van der Waals surface area contributed by atoms with Crippen molar-refractivity contribution in [1.29, 1.82) is 0 Å². The van der Waals surface area contributed by atoms with Gasteiger partial charge < -0.3 is 4.90 Å². The first-order chi connectivity index (χ1) is 5.66. The molecule has 0 aliphatic carbocycles. The molecule has 12 heavy (non-hydrogen) atoms. The Kier molecular flexibility index (Phi) is 4.72. The molecule has 70 valence electrons. The predicted octanol–water partition coefficient (Wildman–Crippen LogP) is 3.40. The lowest BCUT2D eigenvalue weighted by Crippen LogP contribution is -2.15. The van der Waals surface area contributed by atoms with Crippen molar-refractivity contribution in [1.82, 2.24) is 4.90 Å². The van der Waals surface area contributed by atoms with E-state index in [0.717, 1.165) is 0 Å². The van der Waals surface area contributed by atoms with Crippen LogP contribution >= 0.6 is 0 Å². The van der Waals surface area contributed by atoms with Gasteiger partial charge in [0, 0.05) is 12.5 Å². The maximum Gasteiger partial charge on any atom is 0.0106 e. The molecule has 0 spiro atoms. The molecule has 0 radical (unpaired) electrons. The SMILES string of the molecule is CC.CCC1(C)C=CN(C)C=C1. The van der Waals surface area contributed by atoms with E-state index in [9.17, 15) is 0 Å². The molecule has 0 aromatic carbocycles. The van der Waals surface area contributed by atoms with Crippen molar-refractivity contribution in [2.45, 2.75) is 34.1 Å². The fourth-order valence-corrected chi connectivity index (χ4v) is 0.917. The van der Waals surface area contributed by atoms with Gasteiger partial charge in [0.25, 0.3) is 0 Å². The highest BCUT2D eigenvalue weighted by atomic mass is 15.1. The third-order valence-corrected chi connectivity index (χ3v) is 2.14. The normalized spacial score (nSPS) is 18.6. The Bertz CT molecular complexity index is 154. The predicted molar refractivity (Wildman–Crippen MR) is 55.8 cm³/mol. The Morgan fingerprint density at radius 2 is 1.58 bits per heavy atom. The minimum Gasteiger partial charge on any atom is -0.358 e. The largest absolute Gasteiger partial charge is 0.358 e. The van der Waals surface area contributed by atoms with E-state index < -0.39 is 0 Å². The molecular weight excluding hydrogens is 146 g/mol. The van der Waals surface area contributed by atoms with Gasteiger partial charge in [0.05, 0.1) is 0 Å². The lowest BCUT2D eigenvalue weighted by Gasteiger charge is -2.25. The summed E-state index contributed by atoms with van der Waals surface area (Å²) in [7, 11) is 2.04. The molecule has 1 aliphatic heterocycles. The fourth-order valence-electron chi connectivity index (χ4n) is 0.917. The Morgan fingerprint density at radius 3 is 1.92 bits per heavy atom. The molecule has 1 rings (SSSR count). The van der Waals surface area contributed by atoms with Crippen LogP contribution in [0.5, 0.6) is 0 Å². The highest BCUT2D eigenvalue weighted by Crippen LogP contribution is 2.27. The number of nitrogens with zero attached hydrogens (tertiary/aromatic N) is 1. The topological polar surface area (TPSA) is 3.24 Å². The standard InChI is InChI=1S/C9H15N.C2H6/c1-4-9(2)5-7-10(3)8-6-9;1-2/h5-8H,4H2,1-3H3;1-2H3. The Hall–Kier alpha value is -0.720. The monoisotopic (exact) mass is 167 g/mol. The van der Waals surface area contributed by atoms with Crippen LogP contribution in [0.2, 0.25) is 0 Å². The molecule has 0 N–H and O–H groups in total. The van der Waals surface area contributed by atoms with Gasteiger partial charge in [-0.1, -0.05) is 39.8 Å². The molecular formula is C11H21N. The summed E-state index contributed by atoms with van der Waals surface area (Å²) < 4.78 is 0. The van der Waals surface area contributed by atoms with Crippen molar-refractivity contribution in [2.24, 2.45) is 5.41 Å². The maximum absolute atomic E-state index is 2.24. The number of hydrogen-bond acceptors (Lipinski definition) is 1. The molecule has 0 atom stereocenters. The van der Waals surface area contributed by atoms with Crippen LogP contribution in [-0.4, -0.2) is 11.9 Å². The average Bonchev–Trinajstić information content (AvgIpc) is 2.14. The van der Waals surface area contributed by atoms with Gasteiger partial charge in [0.2, 0.25) is 0 Å². The van der Waals surface area contributed by atoms with Gasteiger partial charge >= 0.3 is 0 Å². The smallest absolute Gasteiger partial charge is 0.0106 e. The van der Waals surface area contributed by atoms with Gasteiger partial charge in [0.1, 0.15) is 0 Å². The summed E-state index contributed by atoms with van der Waals surface area (Å²) in [4.78, 5) is 2.07. The lowest BCUT2D eigenvalue weighted by molar-refractivity contribution is 0.477. The van der Waals surface area contributed by atoms with Crippen molar-refractivity contribution < 1.29 is 0 Å². The van der Waals surface area contributed by atoms with Crippen molar-refractivity contribution in [2.75, 3.05) is 7.05 Å². The van der Waals surface area contributed by atoms with Gasteiger partial charge in [-0.25, -0.2) is 0 Å². The number of allylic oxidation sites excluding steroid dienone is 2. The van der Waals surface area contributed by atoms with Crippen molar-refractivity contribution in [3.8, 4) is 0 Å². The van der Waals surface area contributed by atoms with Gasteiger partial charge in [-0.3, -0.25) is 0 Å². The van der Waals surface area contributed by atoms with Crippen molar-refractivity contribution in [3.05, 3.63) is 24.6 Å². The first kappa shape index (κ1) is 11.3. The molecule has 0 unspecified atom stereocenters. The molecule has 0 saturated carbocycles. The minimum atomic E-state index is 0.298. The summed E-state index contributed by atoms with van der Waals surface area (Å²) >= 11 is 0. The summed E-state index contributed by atoms with van der Waals surface area (Å²) in [6, 6.07) is 0. The third-order valence-electron chi connectivity index (χ3n) is 2.14. The first-order valence-corrected chi connectivity index (χ1v) is 4.77. The van der Waals surface area contributed by atoms with Crippen molar-refractivity contribution >= 4 is 0 Å². The molecule has 0 aromatic heterocycles. The van der Waals surface area contributed by atoms with Gasteiger partial charge in [0.15, 0.2) is 0 Å². The van der Waals surface area contributed by atoms with Crippen LogP contribution in [0.15, 0.2) is 24.6 Å². The van der Waals surface area contributed by atoms with Crippen LogP contribution < -0.4 is 0 Å². The van der Waals surface area contributed by atoms with Crippen molar-refractivity contribution in [3.63, 3.8) is 0 Å². The molecule has 1 heterocycles. The van der Waals surface area contributed by atoms with E-state index in [1.807, 2.05) is 20.9 Å². The molecule has 1 nitrogen and oxygen atoms in total. The summed E-state index contributed by atoms with van der Waals surface area (Å²) in [5.41, 5.74) is 0.298. The second-order valence-corrected chi connectivity index (χ2v) is 3.16. The van der Waals surface area contributed by atoms with Crippen LogP contribution in [0.3, 0.4) is 0 Å². The summed E-state index contributed by atoms with van der Waals surface area (Å²) in [5, 5.41) is 0. The van der Waals surface area contributed by atoms with Crippen LogP contribution in [0.25, 0.3) is 0 Å². The zero-order valence-electron chi connectivity index (χ0n) is 8.96. The fraction of sp³-hybridized carbons (Fsp3) is 0.636. The van der Waals surface area contributed by atoms with E-state index in [1.165, 1.54) is 6.42 Å². The first-order valence-electron chi connectivity index (χ1n) is 4.77. The second kappa shape index (κ2) is 5.02. The molecule has 0 bridgehead atoms. The third kappa shape index (κ3) is 3.12. The minimum absolute atomic E-state index is 0.298. The van der Waals surface area contributed by atoms with Crippen LogP contribution in [-0.2, 0) is 0 Å². The Morgan fingerprint density at radius 1 is 1.17 bits per heavy atom. The average molecular weight is 167 g/mol. The second-order valence-electron chi connectivity index (χ2n) is 3.16. The van der Waals surface area contributed by atoms with Gasteiger partial charge in [-0.05, 0) is 18.8 Å². The number of rotatable bonds is 1. The summed E-state index contributed by atoms with van der Waals surface area (Å²) in [5.74, 6) is 0. The van der Waals surface area contributed by atoms with E-state index in [4.69, 9.17) is 0 Å². The molecule has 0 aromatic rings. The molecule has 0 amide bonds. The Balaban J connectivity index is 0.000000561. The van der Waals surface area contributed by atoms with E-state index in [2.05, 4.69) is 43.3 Å². The van der Waals surface area contributed by atoms with E-state index in [0.29, 0.717) is 5.41 Å². The van der Waals surface area contributed by atoms with Crippen LogP contribution in [0.1, 0.15) is 34.1 Å².